The number of nitrogens with one attached hydrogen (secondary N) is 9. The number of carboxylic acids is 1. The Morgan fingerprint density at radius 3 is 1.35 bits per heavy atom. The maximum Gasteiger partial charge on any atom is 0.326 e. The number of phenolic OH excluding ortho intramolecular Hbond substituents is 1. The van der Waals surface area contributed by atoms with Crippen molar-refractivity contribution >= 4 is 53.2 Å². The van der Waals surface area contributed by atoms with E-state index in [4.69, 9.17) is 5.73 Å². The average molecular weight is 1080 g/mol. The van der Waals surface area contributed by atoms with Crippen LogP contribution in [-0.4, -0.2) is 139 Å². The third kappa shape index (κ3) is 20.6. The summed E-state index contributed by atoms with van der Waals surface area (Å²) in [5, 5.41) is 51.5. The molecule has 77 heavy (non-hydrogen) atoms. The van der Waals surface area contributed by atoms with Gasteiger partial charge in [0.05, 0.1) is 18.5 Å². The molecule has 1 aromatic heterocycles. The Labute approximate surface area is 450 Å². The molecule has 0 aliphatic rings. The topological polar surface area (TPSA) is 365 Å². The molecule has 3 rings (SSSR count). The number of aromatic hydroxyl groups is 1. The zero-order valence-corrected chi connectivity index (χ0v) is 45.9. The first-order valence-corrected chi connectivity index (χ1v) is 26.0. The number of phenols is 1. The van der Waals surface area contributed by atoms with Crippen molar-refractivity contribution in [3.8, 4) is 5.75 Å². The molecule has 0 aliphatic heterocycles. The summed E-state index contributed by atoms with van der Waals surface area (Å²) in [6.07, 6.45) is 0.938. The van der Waals surface area contributed by atoms with Crippen molar-refractivity contribution in [2.24, 2.45) is 35.3 Å². The fourth-order valence-electron chi connectivity index (χ4n) is 8.02. The fraction of sp³-hybridized carbons (Fsp3) is 0.556. The fourth-order valence-corrected chi connectivity index (χ4v) is 8.02. The summed E-state index contributed by atoms with van der Waals surface area (Å²) in [4.78, 5) is 131. The largest absolute Gasteiger partial charge is 0.508 e. The van der Waals surface area contributed by atoms with Gasteiger partial charge >= 0.3 is 5.97 Å². The molecule has 0 radical (unpaired) electrons. The molecule has 424 valence electrons. The van der Waals surface area contributed by atoms with E-state index in [1.54, 1.807) is 85.7 Å². The lowest BCUT2D eigenvalue weighted by Crippen LogP contribution is -2.63. The number of carbonyl (C=O) groups is 9. The van der Waals surface area contributed by atoms with Gasteiger partial charge in [0, 0.05) is 31.2 Å². The van der Waals surface area contributed by atoms with Gasteiger partial charge in [-0.2, -0.15) is 0 Å². The van der Waals surface area contributed by atoms with Crippen molar-refractivity contribution < 1.29 is 58.5 Å². The molecule has 0 saturated carbocycles. The van der Waals surface area contributed by atoms with Crippen LogP contribution in [0.4, 0.5) is 0 Å². The second-order valence-electron chi connectivity index (χ2n) is 21.2. The van der Waals surface area contributed by atoms with Crippen molar-refractivity contribution in [2.75, 3.05) is 0 Å². The van der Waals surface area contributed by atoms with Crippen molar-refractivity contribution in [1.29, 1.82) is 0 Å². The number of carbonyl (C=O) groups excluding carboxylic acids is 8. The number of hydrogen-bond acceptors (Lipinski definition) is 13. The quantitative estimate of drug-likeness (QED) is 0.0432. The first-order chi connectivity index (χ1) is 36.1. The maximum absolute atomic E-state index is 14.4. The standard InChI is InChI=1S/C54H81N11O12/c1-27(2)21-37(58-47(69)38(22-33-15-13-12-14-16-33)60-51(73)42(29(5)6)63-50(72)41(55)28(3)4)46(68)59-40(24-35-25-56-26-57-35)49(71)62-43(30(7)8)52(74)65-45(32(11)66)53(75)61-39(23-34-17-19-36(67)20-18-34)48(70)64-44(31(9)10)54(76)77/h12-20,25-32,37-45,66-67H,21-24,55H2,1-11H3,(H,56,57)(H,58,69)(H,59,68)(H,60,73)(H,61,75)(H,62,71)(H,63,72)(H,64,70)(H,65,74)(H,76,77)/t32-,37+,38+,39+,40+,41+,42+,43+,44+,45+/m1/s1. The number of aliphatic hydroxyl groups is 1. The zero-order chi connectivity index (χ0) is 57.8. The van der Waals surface area contributed by atoms with Gasteiger partial charge in [-0.1, -0.05) is 112 Å². The minimum Gasteiger partial charge on any atom is -0.508 e. The van der Waals surface area contributed by atoms with Gasteiger partial charge in [-0.05, 0) is 66.2 Å². The number of H-pyrrole nitrogens is 1. The van der Waals surface area contributed by atoms with Gasteiger partial charge in [-0.25, -0.2) is 9.78 Å². The predicted molar refractivity (Wildman–Crippen MR) is 286 cm³/mol. The van der Waals surface area contributed by atoms with Crippen LogP contribution < -0.4 is 48.3 Å². The highest BCUT2D eigenvalue weighted by Gasteiger charge is 2.38. The van der Waals surface area contributed by atoms with Crippen LogP contribution in [0.2, 0.25) is 0 Å². The number of hydrogen-bond donors (Lipinski definition) is 13. The van der Waals surface area contributed by atoms with Crippen LogP contribution in [0, 0.1) is 29.6 Å². The summed E-state index contributed by atoms with van der Waals surface area (Å²) in [5.74, 6) is -9.80. The molecule has 0 spiro atoms. The van der Waals surface area contributed by atoms with E-state index >= 15 is 0 Å². The normalized spacial score (nSPS) is 15.4. The highest BCUT2D eigenvalue weighted by atomic mass is 16.4. The van der Waals surface area contributed by atoms with E-state index in [9.17, 15) is 58.5 Å². The number of amides is 8. The Bertz CT molecular complexity index is 2430. The third-order valence-electron chi connectivity index (χ3n) is 12.7. The average Bonchev–Trinajstić information content (AvgIpc) is 3.87. The summed E-state index contributed by atoms with van der Waals surface area (Å²) in [5.41, 5.74) is 7.64. The van der Waals surface area contributed by atoms with Crippen LogP contribution in [0.1, 0.15) is 99.4 Å². The highest BCUT2D eigenvalue weighted by molar-refractivity contribution is 5.98. The summed E-state index contributed by atoms with van der Waals surface area (Å²) >= 11 is 0. The minimum atomic E-state index is -1.72. The van der Waals surface area contributed by atoms with Gasteiger partial charge in [0.1, 0.15) is 54.1 Å². The number of aliphatic carboxylic acids is 1. The first-order valence-electron chi connectivity index (χ1n) is 26.0. The SMILES string of the molecule is CC(C)C[C@H](NC(=O)[C@H](Cc1ccccc1)NC(=O)[C@@H](NC(=O)[C@@H](N)C(C)C)C(C)C)C(=O)N[C@@H](Cc1cnc[nH]1)C(=O)N[C@H](C(=O)N[C@H](C(=O)N[C@@H](Cc1ccc(O)cc1)C(=O)N[C@H](C(=O)O)C(C)C)[C@@H](C)O)C(C)C. The summed E-state index contributed by atoms with van der Waals surface area (Å²) in [6, 6.07) is 2.80. The summed E-state index contributed by atoms with van der Waals surface area (Å²) < 4.78 is 0. The Hall–Kier alpha value is -7.40. The molecule has 23 heteroatoms. The van der Waals surface area contributed by atoms with Crippen LogP contribution in [-0.2, 0) is 62.4 Å². The van der Waals surface area contributed by atoms with Crippen LogP contribution in [0.3, 0.4) is 0 Å². The van der Waals surface area contributed by atoms with E-state index in [1.165, 1.54) is 43.7 Å². The number of nitrogens with zero attached hydrogens (tertiary/aromatic N) is 1. The van der Waals surface area contributed by atoms with Gasteiger partial charge in [0.2, 0.25) is 47.3 Å². The predicted octanol–water partition coefficient (Wildman–Crippen LogP) is 0.484. The molecule has 8 amide bonds. The molecule has 2 aromatic carbocycles. The number of carboxylic acid groups (broad SMARTS) is 1. The van der Waals surface area contributed by atoms with Crippen molar-refractivity contribution in [3.63, 3.8) is 0 Å². The minimum absolute atomic E-state index is 0.00101. The van der Waals surface area contributed by atoms with Gasteiger partial charge in [-0.3, -0.25) is 38.4 Å². The van der Waals surface area contributed by atoms with Gasteiger partial charge in [0.15, 0.2) is 0 Å². The van der Waals surface area contributed by atoms with Crippen LogP contribution in [0.15, 0.2) is 67.1 Å². The van der Waals surface area contributed by atoms with E-state index in [2.05, 4.69) is 52.5 Å². The Kier molecular flexibility index (Phi) is 25.2. The Morgan fingerprint density at radius 2 is 0.896 bits per heavy atom. The molecular formula is C54H81N11O12. The number of rotatable bonds is 30. The molecular weight excluding hydrogens is 995 g/mol. The van der Waals surface area contributed by atoms with E-state index in [-0.39, 0.29) is 43.3 Å². The van der Waals surface area contributed by atoms with Crippen LogP contribution in [0.25, 0.3) is 0 Å². The first kappa shape index (κ1) is 63.9. The number of benzene rings is 2. The summed E-state index contributed by atoms with van der Waals surface area (Å²) in [6.45, 7) is 18.2. The zero-order valence-electron chi connectivity index (χ0n) is 45.9. The molecule has 0 fully saturated rings. The summed E-state index contributed by atoms with van der Waals surface area (Å²) in [7, 11) is 0. The molecule has 23 nitrogen and oxygen atoms in total. The van der Waals surface area contributed by atoms with E-state index in [0.29, 0.717) is 16.8 Å². The molecule has 10 atom stereocenters. The molecule has 0 aliphatic carbocycles. The molecule has 3 aromatic rings. The van der Waals surface area contributed by atoms with Gasteiger partial charge in [-0.15, -0.1) is 0 Å². The van der Waals surface area contributed by atoms with E-state index < -0.39 is 131 Å². The molecule has 0 saturated heterocycles. The molecule has 0 unspecified atom stereocenters. The van der Waals surface area contributed by atoms with Gasteiger partial charge in [0.25, 0.3) is 0 Å². The number of aliphatic hydroxyl groups excluding tert-OH is 1. The highest BCUT2D eigenvalue weighted by Crippen LogP contribution is 2.15. The second kappa shape index (κ2) is 30.4. The third-order valence-corrected chi connectivity index (χ3v) is 12.7. The van der Waals surface area contributed by atoms with Crippen LogP contribution in [0.5, 0.6) is 5.75 Å². The lowest BCUT2D eigenvalue weighted by Gasteiger charge is -2.30. The van der Waals surface area contributed by atoms with E-state index in [0.717, 1.165) is 0 Å². The monoisotopic (exact) mass is 1080 g/mol. The molecule has 0 bridgehead atoms. The number of imidazole rings is 1. The Morgan fingerprint density at radius 1 is 0.494 bits per heavy atom. The van der Waals surface area contributed by atoms with Crippen molar-refractivity contribution in [1.82, 2.24) is 52.5 Å². The van der Waals surface area contributed by atoms with Crippen LogP contribution >= 0.6 is 0 Å². The van der Waals surface area contributed by atoms with Gasteiger partial charge < -0.3 is 68.6 Å². The van der Waals surface area contributed by atoms with E-state index in [1.807, 2.05) is 13.8 Å². The molecule has 1 heterocycles. The Balaban J connectivity index is 1.91. The van der Waals surface area contributed by atoms with Crippen molar-refractivity contribution in [3.05, 3.63) is 83.9 Å². The smallest absolute Gasteiger partial charge is 0.326 e. The lowest BCUT2D eigenvalue weighted by molar-refractivity contribution is -0.143. The number of aromatic nitrogens is 2. The number of nitrogens with two attached hydrogens (primary N) is 1. The van der Waals surface area contributed by atoms with Crippen molar-refractivity contribution in [2.45, 2.75) is 162 Å². The maximum atomic E-state index is 14.4. The lowest BCUT2D eigenvalue weighted by atomic mass is 9.98. The molecule has 14 N–H and O–H groups in total. The number of aromatic amines is 1. The second-order valence-corrected chi connectivity index (χ2v) is 21.2.